The monoisotopic (exact) mass is 322 g/mol. The molecule has 0 amide bonds. The van der Waals surface area contributed by atoms with Crippen molar-refractivity contribution in [2.24, 2.45) is 0 Å². The van der Waals surface area contributed by atoms with Crippen LogP contribution < -0.4 is 4.74 Å². The third-order valence-corrected chi connectivity index (χ3v) is 3.23. The number of benzene rings is 2. The zero-order chi connectivity index (χ0) is 13.8. The molecule has 0 heterocycles. The van der Waals surface area contributed by atoms with Crippen LogP contribution in [0.5, 0.6) is 11.5 Å². The van der Waals surface area contributed by atoms with Crippen LogP contribution in [0.3, 0.4) is 0 Å². The maximum absolute atomic E-state index is 9.74. The molecule has 0 fully saturated rings. The molecular formula is C15H15BrO3. The summed E-state index contributed by atoms with van der Waals surface area (Å²) in [6, 6.07) is 12.7. The summed E-state index contributed by atoms with van der Waals surface area (Å²) < 4.78 is 6.67. The summed E-state index contributed by atoms with van der Waals surface area (Å²) in [5, 5.41) is 18.9. The number of ether oxygens (including phenoxy) is 1. The van der Waals surface area contributed by atoms with Crippen LogP contribution in [-0.2, 0) is 6.61 Å². The molecule has 0 saturated heterocycles. The summed E-state index contributed by atoms with van der Waals surface area (Å²) in [6.07, 6.45) is -0.607. The van der Waals surface area contributed by atoms with E-state index in [4.69, 9.17) is 9.84 Å². The first kappa shape index (κ1) is 14.1. The summed E-state index contributed by atoms with van der Waals surface area (Å²) in [6.45, 7) is 1.67. The molecule has 2 aromatic rings. The first-order chi connectivity index (χ1) is 9.10. The Hall–Kier alpha value is -1.36. The fraction of sp³-hybridized carbons (Fsp3) is 0.200. The van der Waals surface area contributed by atoms with Crippen LogP contribution in [-0.4, -0.2) is 10.2 Å². The Balaban J connectivity index is 2.33. The maximum Gasteiger partial charge on any atom is 0.134 e. The van der Waals surface area contributed by atoms with E-state index in [0.29, 0.717) is 11.5 Å². The Morgan fingerprint density at radius 1 is 1.21 bits per heavy atom. The number of hydrogen-bond donors (Lipinski definition) is 2. The van der Waals surface area contributed by atoms with Gasteiger partial charge in [-0.25, -0.2) is 0 Å². The van der Waals surface area contributed by atoms with E-state index in [1.165, 1.54) is 0 Å². The average Bonchev–Trinajstić information content (AvgIpc) is 2.38. The molecule has 100 valence electrons. The second kappa shape index (κ2) is 6.19. The van der Waals surface area contributed by atoms with Crippen molar-refractivity contribution in [2.75, 3.05) is 0 Å². The van der Waals surface area contributed by atoms with E-state index >= 15 is 0 Å². The van der Waals surface area contributed by atoms with Gasteiger partial charge < -0.3 is 14.9 Å². The molecule has 2 aromatic carbocycles. The van der Waals surface area contributed by atoms with Gasteiger partial charge in [-0.3, -0.25) is 0 Å². The van der Waals surface area contributed by atoms with Gasteiger partial charge in [-0.05, 0) is 36.8 Å². The van der Waals surface area contributed by atoms with E-state index in [9.17, 15) is 5.11 Å². The molecule has 1 atom stereocenters. The zero-order valence-corrected chi connectivity index (χ0v) is 12.1. The topological polar surface area (TPSA) is 49.7 Å². The van der Waals surface area contributed by atoms with Crippen molar-refractivity contribution in [3.63, 3.8) is 0 Å². The Bertz CT molecular complexity index is 567. The van der Waals surface area contributed by atoms with Gasteiger partial charge >= 0.3 is 0 Å². The molecule has 0 aliphatic carbocycles. The van der Waals surface area contributed by atoms with Gasteiger partial charge in [0.15, 0.2) is 0 Å². The number of halogens is 1. The molecule has 1 unspecified atom stereocenters. The molecule has 2 rings (SSSR count). The van der Waals surface area contributed by atoms with Crippen LogP contribution in [0.1, 0.15) is 24.2 Å². The molecule has 0 radical (unpaired) electrons. The first-order valence-corrected chi connectivity index (χ1v) is 6.74. The number of rotatable bonds is 4. The summed E-state index contributed by atoms with van der Waals surface area (Å²) in [7, 11) is 0. The molecule has 3 nitrogen and oxygen atoms in total. The van der Waals surface area contributed by atoms with Crippen molar-refractivity contribution in [1.82, 2.24) is 0 Å². The second-order valence-corrected chi connectivity index (χ2v) is 5.18. The van der Waals surface area contributed by atoms with Gasteiger partial charge in [0.25, 0.3) is 0 Å². The van der Waals surface area contributed by atoms with E-state index in [1.807, 2.05) is 36.4 Å². The SMILES string of the molecule is CC(O)c1ccc(Br)cc1Oc1cccc(CO)c1. The van der Waals surface area contributed by atoms with E-state index in [0.717, 1.165) is 15.6 Å². The normalized spacial score (nSPS) is 12.2. The van der Waals surface area contributed by atoms with Crippen LogP contribution in [0.4, 0.5) is 0 Å². The molecule has 2 N–H and O–H groups in total. The summed E-state index contributed by atoms with van der Waals surface area (Å²) in [5.41, 5.74) is 1.50. The molecule has 0 bridgehead atoms. The third kappa shape index (κ3) is 3.56. The Morgan fingerprint density at radius 2 is 2.00 bits per heavy atom. The van der Waals surface area contributed by atoms with Crippen molar-refractivity contribution in [3.8, 4) is 11.5 Å². The van der Waals surface area contributed by atoms with Crippen molar-refractivity contribution in [1.29, 1.82) is 0 Å². The van der Waals surface area contributed by atoms with Gasteiger partial charge in [0.05, 0.1) is 12.7 Å². The standard InChI is InChI=1S/C15H15BrO3/c1-10(18)14-6-5-12(16)8-15(14)19-13-4-2-3-11(7-13)9-17/h2-8,10,17-18H,9H2,1H3. The molecule has 4 heteroatoms. The third-order valence-electron chi connectivity index (χ3n) is 2.73. The molecule has 19 heavy (non-hydrogen) atoms. The van der Waals surface area contributed by atoms with Gasteiger partial charge in [0, 0.05) is 10.0 Å². The van der Waals surface area contributed by atoms with Crippen molar-refractivity contribution >= 4 is 15.9 Å². The van der Waals surface area contributed by atoms with E-state index in [1.54, 1.807) is 13.0 Å². The van der Waals surface area contributed by atoms with Crippen LogP contribution in [0.2, 0.25) is 0 Å². The predicted octanol–water partition coefficient (Wildman–Crippen LogP) is 3.79. The maximum atomic E-state index is 9.74. The minimum absolute atomic E-state index is 0.0288. The molecule has 0 aliphatic heterocycles. The summed E-state index contributed by atoms with van der Waals surface area (Å²) >= 11 is 3.39. The Kier molecular flexibility index (Phi) is 4.58. The van der Waals surface area contributed by atoms with E-state index in [2.05, 4.69) is 15.9 Å². The lowest BCUT2D eigenvalue weighted by molar-refractivity contribution is 0.195. The van der Waals surface area contributed by atoms with Gasteiger partial charge in [-0.2, -0.15) is 0 Å². The lowest BCUT2D eigenvalue weighted by atomic mass is 10.1. The smallest absolute Gasteiger partial charge is 0.134 e. The highest BCUT2D eigenvalue weighted by Gasteiger charge is 2.10. The van der Waals surface area contributed by atoms with Crippen molar-refractivity contribution in [2.45, 2.75) is 19.6 Å². The van der Waals surface area contributed by atoms with Gasteiger partial charge in [0.1, 0.15) is 11.5 Å². The molecule has 0 spiro atoms. The van der Waals surface area contributed by atoms with Gasteiger partial charge in [-0.15, -0.1) is 0 Å². The van der Waals surface area contributed by atoms with Crippen LogP contribution >= 0.6 is 15.9 Å². The van der Waals surface area contributed by atoms with E-state index in [-0.39, 0.29) is 6.61 Å². The minimum Gasteiger partial charge on any atom is -0.457 e. The molecule has 0 aliphatic rings. The van der Waals surface area contributed by atoms with Crippen LogP contribution in [0.25, 0.3) is 0 Å². The minimum atomic E-state index is -0.607. The van der Waals surface area contributed by atoms with Crippen molar-refractivity contribution in [3.05, 3.63) is 58.1 Å². The molecule has 0 saturated carbocycles. The van der Waals surface area contributed by atoms with Gasteiger partial charge in [-0.1, -0.05) is 34.1 Å². The Labute approximate surface area is 120 Å². The zero-order valence-electron chi connectivity index (χ0n) is 10.5. The number of aliphatic hydroxyl groups excluding tert-OH is 2. The highest BCUT2D eigenvalue weighted by molar-refractivity contribution is 9.10. The summed E-state index contributed by atoms with van der Waals surface area (Å²) in [4.78, 5) is 0. The highest BCUT2D eigenvalue weighted by Crippen LogP contribution is 2.32. The van der Waals surface area contributed by atoms with Crippen LogP contribution in [0.15, 0.2) is 46.9 Å². The Morgan fingerprint density at radius 3 is 2.68 bits per heavy atom. The average molecular weight is 323 g/mol. The first-order valence-electron chi connectivity index (χ1n) is 5.95. The van der Waals surface area contributed by atoms with Crippen LogP contribution in [0, 0.1) is 0 Å². The largest absolute Gasteiger partial charge is 0.457 e. The fourth-order valence-electron chi connectivity index (χ4n) is 1.78. The van der Waals surface area contributed by atoms with E-state index < -0.39 is 6.10 Å². The number of aliphatic hydroxyl groups is 2. The number of hydrogen-bond acceptors (Lipinski definition) is 3. The lowest BCUT2D eigenvalue weighted by Gasteiger charge is -2.14. The fourth-order valence-corrected chi connectivity index (χ4v) is 2.12. The molecule has 0 aromatic heterocycles. The summed E-state index contributed by atoms with van der Waals surface area (Å²) in [5.74, 6) is 1.23. The molecular weight excluding hydrogens is 308 g/mol. The van der Waals surface area contributed by atoms with Gasteiger partial charge in [0.2, 0.25) is 0 Å². The quantitative estimate of drug-likeness (QED) is 0.900. The van der Waals surface area contributed by atoms with Crippen molar-refractivity contribution < 1.29 is 14.9 Å². The predicted molar refractivity (Wildman–Crippen MR) is 77.2 cm³/mol. The second-order valence-electron chi connectivity index (χ2n) is 4.27. The lowest BCUT2D eigenvalue weighted by Crippen LogP contribution is -1.96. The highest BCUT2D eigenvalue weighted by atomic mass is 79.9.